The van der Waals surface area contributed by atoms with Crippen LogP contribution >= 0.6 is 0 Å². The minimum atomic E-state index is -0.664. The molecule has 0 heterocycles. The number of carbonyl (C=O) groups excluding carboxylic acids is 2. The highest BCUT2D eigenvalue weighted by atomic mass is 16.5. The van der Waals surface area contributed by atoms with E-state index in [-0.39, 0.29) is 18.5 Å². The van der Waals surface area contributed by atoms with Gasteiger partial charge in [0.15, 0.2) is 0 Å². The molecule has 0 spiro atoms. The number of esters is 1. The lowest BCUT2D eigenvalue weighted by atomic mass is 10.0. The normalized spacial score (nSPS) is 12.7. The molecule has 6 nitrogen and oxygen atoms in total. The van der Waals surface area contributed by atoms with E-state index in [0.29, 0.717) is 25.9 Å². The fourth-order valence-corrected chi connectivity index (χ4v) is 13.4. The van der Waals surface area contributed by atoms with Gasteiger partial charge in [-0.2, -0.15) is 0 Å². The summed E-state index contributed by atoms with van der Waals surface area (Å²) in [6.07, 6.45) is 109. The summed E-state index contributed by atoms with van der Waals surface area (Å²) in [5.74, 6) is -0.0195. The smallest absolute Gasteiger partial charge is 0.305 e. The average molecular weight is 1310 g/mol. The number of aliphatic hydroxyl groups excluding tert-OH is 2. The molecule has 0 aromatic rings. The minimum absolute atomic E-state index is 0.00737. The summed E-state index contributed by atoms with van der Waals surface area (Å²) < 4.78 is 5.50. The van der Waals surface area contributed by atoms with Gasteiger partial charge in [0.25, 0.3) is 0 Å². The number of hydrogen-bond donors (Lipinski definition) is 3. The number of hydrogen-bond acceptors (Lipinski definition) is 5. The first kappa shape index (κ1) is 90.8. The fourth-order valence-electron chi connectivity index (χ4n) is 13.4. The number of rotatable bonds is 80. The lowest BCUT2D eigenvalue weighted by molar-refractivity contribution is -0.143. The number of ether oxygens (including phenoxy) is 1. The first-order valence-electron chi connectivity index (χ1n) is 42.4. The first-order valence-corrected chi connectivity index (χ1v) is 42.4. The standard InChI is InChI=1S/C87H165NO5/c1-3-5-7-9-11-13-15-17-19-21-22-42-45-48-51-55-59-63-67-71-75-79-85(90)84(83-89)88-86(91)80-76-72-68-64-60-56-52-49-46-43-40-38-36-34-32-30-28-26-24-23-25-27-29-31-33-35-37-39-41-44-47-50-54-58-62-66-70-74-78-82-93-87(92)81-77-73-69-65-61-57-53-20-18-16-14-12-10-8-6-4-2/h14,16,20,23-24,27,29,53,84-85,89-90H,3-13,15,17-19,21-22,25-26,28,30-52,54-83H2,1-2H3,(H,88,91)/b16-14-,24-23-,29-27-,53-20-. The highest BCUT2D eigenvalue weighted by molar-refractivity contribution is 5.76. The number of amides is 1. The molecule has 0 saturated carbocycles. The Bertz CT molecular complexity index is 1550. The molecule has 1 amide bonds. The second-order valence-corrected chi connectivity index (χ2v) is 29.2. The Kier molecular flexibility index (Phi) is 80.3. The fraction of sp³-hybridized carbons (Fsp3) is 0.885. The van der Waals surface area contributed by atoms with Crippen LogP contribution in [0.4, 0.5) is 0 Å². The Balaban J connectivity index is 3.36. The maximum Gasteiger partial charge on any atom is 0.305 e. The van der Waals surface area contributed by atoms with Crippen molar-refractivity contribution in [3.8, 4) is 0 Å². The Hall–Kier alpha value is -2.18. The van der Waals surface area contributed by atoms with Crippen LogP contribution in [0.5, 0.6) is 0 Å². The summed E-state index contributed by atoms with van der Waals surface area (Å²) in [5.41, 5.74) is 0. The van der Waals surface area contributed by atoms with Crippen molar-refractivity contribution in [2.75, 3.05) is 13.2 Å². The third-order valence-electron chi connectivity index (χ3n) is 19.9. The van der Waals surface area contributed by atoms with E-state index in [9.17, 15) is 19.8 Å². The van der Waals surface area contributed by atoms with Crippen LogP contribution in [0.3, 0.4) is 0 Å². The van der Waals surface area contributed by atoms with Gasteiger partial charge in [0.1, 0.15) is 0 Å². The summed E-state index contributed by atoms with van der Waals surface area (Å²) >= 11 is 0. The maximum absolute atomic E-state index is 12.6. The predicted octanol–water partition coefficient (Wildman–Crippen LogP) is 28.3. The molecule has 2 unspecified atom stereocenters. The molecule has 0 aromatic heterocycles. The predicted molar refractivity (Wildman–Crippen MR) is 412 cm³/mol. The molecule has 0 radical (unpaired) electrons. The Labute approximate surface area is 582 Å². The molecule has 2 atom stereocenters. The van der Waals surface area contributed by atoms with E-state index < -0.39 is 12.1 Å². The van der Waals surface area contributed by atoms with Gasteiger partial charge >= 0.3 is 5.97 Å². The Morgan fingerprint density at radius 2 is 0.538 bits per heavy atom. The van der Waals surface area contributed by atoms with E-state index in [1.54, 1.807) is 0 Å². The van der Waals surface area contributed by atoms with Gasteiger partial charge in [-0.25, -0.2) is 0 Å². The highest BCUT2D eigenvalue weighted by Crippen LogP contribution is 2.20. The van der Waals surface area contributed by atoms with Crippen LogP contribution in [0, 0.1) is 0 Å². The van der Waals surface area contributed by atoms with Crippen LogP contribution in [0.1, 0.15) is 470 Å². The Morgan fingerprint density at radius 1 is 0.301 bits per heavy atom. The van der Waals surface area contributed by atoms with Crippen LogP contribution in [0.15, 0.2) is 48.6 Å². The number of carbonyl (C=O) groups is 2. The van der Waals surface area contributed by atoms with Gasteiger partial charge < -0.3 is 20.3 Å². The van der Waals surface area contributed by atoms with Crippen LogP contribution in [-0.4, -0.2) is 47.4 Å². The molecule has 0 aliphatic heterocycles. The van der Waals surface area contributed by atoms with Gasteiger partial charge in [-0.3, -0.25) is 9.59 Å². The van der Waals surface area contributed by atoms with Crippen molar-refractivity contribution in [1.82, 2.24) is 5.32 Å². The zero-order valence-corrected chi connectivity index (χ0v) is 63.0. The van der Waals surface area contributed by atoms with E-state index in [1.807, 2.05) is 0 Å². The van der Waals surface area contributed by atoms with Crippen molar-refractivity contribution in [2.45, 2.75) is 482 Å². The second-order valence-electron chi connectivity index (χ2n) is 29.2. The molecule has 0 bridgehead atoms. The van der Waals surface area contributed by atoms with E-state index in [4.69, 9.17) is 4.74 Å². The molecule has 548 valence electrons. The highest BCUT2D eigenvalue weighted by Gasteiger charge is 2.20. The molecule has 3 N–H and O–H groups in total. The zero-order chi connectivity index (χ0) is 67.0. The SMILES string of the molecule is CCCCCC/C=C\C/C=C\CCCCCCCC(=O)OCCCCCCCCCCCCCCCCC/C=C\C/C=C\CCCCCCCCCCCCCCCCCCCC(=O)NC(CO)C(O)CCCCCCCCCCCCCCCCCCCCCCC. The number of unbranched alkanes of at least 4 members (excludes halogenated alkanes) is 61. The van der Waals surface area contributed by atoms with Gasteiger partial charge in [0.2, 0.25) is 5.91 Å². The summed E-state index contributed by atoms with van der Waals surface area (Å²) in [5, 5.41) is 23.5. The van der Waals surface area contributed by atoms with Crippen molar-refractivity contribution in [1.29, 1.82) is 0 Å². The van der Waals surface area contributed by atoms with E-state index in [2.05, 4.69) is 67.8 Å². The Morgan fingerprint density at radius 3 is 0.828 bits per heavy atom. The third kappa shape index (κ3) is 78.7. The summed E-state index contributed by atoms with van der Waals surface area (Å²) in [7, 11) is 0. The van der Waals surface area contributed by atoms with Crippen LogP contribution < -0.4 is 5.32 Å². The van der Waals surface area contributed by atoms with Gasteiger partial charge in [0, 0.05) is 12.8 Å². The molecule has 0 aromatic carbocycles. The molecular formula is C87H165NO5. The molecule has 0 fully saturated rings. The number of nitrogens with one attached hydrogen (secondary N) is 1. The molecule has 0 saturated heterocycles. The lowest BCUT2D eigenvalue weighted by Gasteiger charge is -2.22. The molecule has 6 heteroatoms. The molecular weight excluding hydrogens is 1140 g/mol. The lowest BCUT2D eigenvalue weighted by Crippen LogP contribution is -2.45. The molecule has 0 rings (SSSR count). The van der Waals surface area contributed by atoms with Crippen LogP contribution in [0.2, 0.25) is 0 Å². The monoisotopic (exact) mass is 1300 g/mol. The quantitative estimate of drug-likeness (QED) is 0.0320. The minimum Gasteiger partial charge on any atom is -0.466 e. The number of aliphatic hydroxyl groups is 2. The summed E-state index contributed by atoms with van der Waals surface area (Å²) in [6, 6.07) is -0.541. The largest absolute Gasteiger partial charge is 0.466 e. The maximum atomic E-state index is 12.6. The average Bonchev–Trinajstić information content (AvgIpc) is 3.78. The molecule has 0 aliphatic rings. The van der Waals surface area contributed by atoms with Crippen molar-refractivity contribution in [2.24, 2.45) is 0 Å². The second kappa shape index (κ2) is 82.2. The van der Waals surface area contributed by atoms with Crippen molar-refractivity contribution >= 4 is 11.9 Å². The molecule has 93 heavy (non-hydrogen) atoms. The summed E-state index contributed by atoms with van der Waals surface area (Å²) in [6.45, 7) is 4.98. The number of allylic oxidation sites excluding steroid dienone is 8. The summed E-state index contributed by atoms with van der Waals surface area (Å²) in [4.78, 5) is 24.7. The van der Waals surface area contributed by atoms with Crippen molar-refractivity contribution < 1.29 is 24.5 Å². The van der Waals surface area contributed by atoms with Crippen LogP contribution in [0.25, 0.3) is 0 Å². The van der Waals surface area contributed by atoms with Crippen LogP contribution in [-0.2, 0) is 14.3 Å². The van der Waals surface area contributed by atoms with Gasteiger partial charge in [-0.1, -0.05) is 416 Å². The van der Waals surface area contributed by atoms with Crippen molar-refractivity contribution in [3.63, 3.8) is 0 Å². The topological polar surface area (TPSA) is 95.9 Å². The third-order valence-corrected chi connectivity index (χ3v) is 19.9. The van der Waals surface area contributed by atoms with E-state index in [0.717, 1.165) is 57.8 Å². The zero-order valence-electron chi connectivity index (χ0n) is 63.0. The van der Waals surface area contributed by atoms with E-state index >= 15 is 0 Å². The van der Waals surface area contributed by atoms with Gasteiger partial charge in [-0.05, 0) is 89.9 Å². The first-order chi connectivity index (χ1) is 46.0. The van der Waals surface area contributed by atoms with Gasteiger partial charge in [-0.15, -0.1) is 0 Å². The molecule has 0 aliphatic carbocycles. The van der Waals surface area contributed by atoms with E-state index in [1.165, 1.54) is 379 Å². The van der Waals surface area contributed by atoms with Crippen molar-refractivity contribution in [3.05, 3.63) is 48.6 Å². The van der Waals surface area contributed by atoms with Gasteiger partial charge in [0.05, 0.1) is 25.4 Å².